The van der Waals surface area contributed by atoms with Crippen LogP contribution in [0.5, 0.6) is 0 Å². The zero-order valence-electron chi connectivity index (χ0n) is 5.22. The number of hydrogen-bond donors (Lipinski definition) is 1. The van der Waals surface area contributed by atoms with Crippen molar-refractivity contribution in [2.45, 2.75) is 19.9 Å². The minimum Gasteiger partial charge on any atom is -0.325 e. The summed E-state index contributed by atoms with van der Waals surface area (Å²) in [5, 5.41) is 0. The lowest BCUT2D eigenvalue weighted by atomic mass is 10.3. The third-order valence-corrected chi connectivity index (χ3v) is 0.634. The Morgan fingerprint density at radius 1 is 1.75 bits per heavy atom. The molecule has 0 aliphatic carbocycles. The molecule has 0 rings (SSSR count). The first kappa shape index (κ1) is 7.37. The zero-order chi connectivity index (χ0) is 6.57. The first-order valence-corrected chi connectivity index (χ1v) is 2.57. The van der Waals surface area contributed by atoms with Crippen LogP contribution in [0.1, 0.15) is 13.8 Å². The molecule has 0 saturated carbocycles. The van der Waals surface area contributed by atoms with Crippen LogP contribution in [0.3, 0.4) is 0 Å². The predicted molar refractivity (Wildman–Crippen MR) is 33.5 cm³/mol. The second kappa shape index (κ2) is 3.38. The summed E-state index contributed by atoms with van der Waals surface area (Å²) in [6.45, 7) is 3.32. The van der Waals surface area contributed by atoms with Crippen molar-refractivity contribution in [2.75, 3.05) is 0 Å². The third kappa shape index (κ3) is 5.37. The van der Waals surface area contributed by atoms with Crippen molar-refractivity contribution in [1.82, 2.24) is 0 Å². The molecule has 0 aromatic carbocycles. The van der Waals surface area contributed by atoms with Crippen molar-refractivity contribution in [2.24, 2.45) is 5.73 Å². The smallest absolute Gasteiger partial charge is 0.152 e. The molecule has 0 saturated heterocycles. The van der Waals surface area contributed by atoms with Crippen LogP contribution in [0.4, 0.5) is 0 Å². The van der Waals surface area contributed by atoms with Crippen LogP contribution in [0.25, 0.3) is 0 Å². The van der Waals surface area contributed by atoms with Crippen LogP contribution in [0.2, 0.25) is 0 Å². The Morgan fingerprint density at radius 2 is 2.25 bits per heavy atom. The second-order valence-corrected chi connectivity index (χ2v) is 1.83. The molecule has 0 aliphatic rings. The molecule has 0 radical (unpaired) electrons. The van der Waals surface area contributed by atoms with Crippen LogP contribution in [0, 0.1) is 0 Å². The molecule has 1 atom stereocenters. The van der Waals surface area contributed by atoms with Gasteiger partial charge in [0.25, 0.3) is 0 Å². The van der Waals surface area contributed by atoms with Gasteiger partial charge in [-0.15, -0.1) is 0 Å². The molecule has 0 bridgehead atoms. The van der Waals surface area contributed by atoms with Gasteiger partial charge in [-0.2, -0.15) is 0 Å². The van der Waals surface area contributed by atoms with Crippen LogP contribution >= 0.6 is 0 Å². The van der Waals surface area contributed by atoms with E-state index >= 15 is 0 Å². The summed E-state index contributed by atoms with van der Waals surface area (Å²) < 4.78 is 0. The zero-order valence-corrected chi connectivity index (χ0v) is 5.22. The lowest BCUT2D eigenvalue weighted by molar-refractivity contribution is -0.112. The first-order valence-electron chi connectivity index (χ1n) is 2.57. The van der Waals surface area contributed by atoms with Gasteiger partial charge in [0.2, 0.25) is 0 Å². The number of hydrogen-bond acceptors (Lipinski definition) is 2. The van der Waals surface area contributed by atoms with Crippen molar-refractivity contribution < 1.29 is 4.79 Å². The van der Waals surface area contributed by atoms with Gasteiger partial charge in [-0.25, -0.2) is 0 Å². The minimum absolute atomic E-state index is 0.0149. The van der Waals surface area contributed by atoms with Crippen molar-refractivity contribution in [3.8, 4) is 0 Å². The molecule has 1 unspecified atom stereocenters. The maximum atomic E-state index is 10.2. The van der Waals surface area contributed by atoms with Gasteiger partial charge in [-0.05, 0) is 19.9 Å². The molecule has 46 valence electrons. The fourth-order valence-corrected chi connectivity index (χ4v) is 0.287. The standard InChI is InChI=1S/C6H11NO/c1-5(7)3-4-6(2)8/h3-5H,7H2,1-2H3/b4-3+. The Kier molecular flexibility index (Phi) is 3.12. The molecular weight excluding hydrogens is 102 g/mol. The average Bonchev–Trinajstić information content (AvgIpc) is 1.61. The maximum absolute atomic E-state index is 10.2. The van der Waals surface area contributed by atoms with Crippen LogP contribution < -0.4 is 5.73 Å². The quantitative estimate of drug-likeness (QED) is 0.529. The van der Waals surface area contributed by atoms with Crippen molar-refractivity contribution in [1.29, 1.82) is 0 Å². The molecule has 0 aromatic heterocycles. The summed E-state index contributed by atoms with van der Waals surface area (Å²) in [5.74, 6) is 0.0438. The summed E-state index contributed by atoms with van der Waals surface area (Å²) in [6.07, 6.45) is 3.15. The van der Waals surface area contributed by atoms with Gasteiger partial charge in [0, 0.05) is 6.04 Å². The lowest BCUT2D eigenvalue weighted by Gasteiger charge is -1.90. The summed E-state index contributed by atoms with van der Waals surface area (Å²) in [6, 6.07) is -0.0149. The summed E-state index contributed by atoms with van der Waals surface area (Å²) >= 11 is 0. The van der Waals surface area contributed by atoms with E-state index in [4.69, 9.17) is 5.73 Å². The Bertz CT molecular complexity index is 105. The first-order chi connectivity index (χ1) is 3.63. The van der Waals surface area contributed by atoms with Gasteiger partial charge >= 0.3 is 0 Å². The van der Waals surface area contributed by atoms with Gasteiger partial charge < -0.3 is 5.73 Å². The third-order valence-electron chi connectivity index (χ3n) is 0.634. The topological polar surface area (TPSA) is 43.1 Å². The molecule has 0 aromatic rings. The lowest BCUT2D eigenvalue weighted by Crippen LogP contribution is -2.10. The Balaban J connectivity index is 3.50. The molecule has 2 N–H and O–H groups in total. The number of carbonyl (C=O) groups excluding carboxylic acids is 1. The maximum Gasteiger partial charge on any atom is 0.152 e. The molecule has 0 amide bonds. The molecule has 0 fully saturated rings. The van der Waals surface area contributed by atoms with Gasteiger partial charge in [-0.3, -0.25) is 4.79 Å². The SMILES string of the molecule is CC(=O)/C=C/C(C)N. The Labute approximate surface area is 49.4 Å². The largest absolute Gasteiger partial charge is 0.325 e. The number of rotatable bonds is 2. The molecule has 0 heterocycles. The van der Waals surface area contributed by atoms with Crippen molar-refractivity contribution in [3.05, 3.63) is 12.2 Å². The average molecular weight is 113 g/mol. The van der Waals surface area contributed by atoms with Crippen molar-refractivity contribution in [3.63, 3.8) is 0 Å². The fourth-order valence-electron chi connectivity index (χ4n) is 0.287. The van der Waals surface area contributed by atoms with Crippen molar-refractivity contribution >= 4 is 5.78 Å². The van der Waals surface area contributed by atoms with E-state index in [0.29, 0.717) is 0 Å². The molecule has 0 aliphatic heterocycles. The summed E-state index contributed by atoms with van der Waals surface area (Å²) in [5.41, 5.74) is 5.30. The monoisotopic (exact) mass is 113 g/mol. The Morgan fingerprint density at radius 3 is 2.38 bits per heavy atom. The van der Waals surface area contributed by atoms with E-state index in [1.165, 1.54) is 13.0 Å². The van der Waals surface area contributed by atoms with Gasteiger partial charge in [0.1, 0.15) is 0 Å². The number of allylic oxidation sites excluding steroid dienone is 1. The van der Waals surface area contributed by atoms with Gasteiger partial charge in [-0.1, -0.05) is 6.08 Å². The highest BCUT2D eigenvalue weighted by molar-refractivity contribution is 5.87. The van der Waals surface area contributed by atoms with Crippen LogP contribution in [-0.4, -0.2) is 11.8 Å². The molecular formula is C6H11NO. The molecule has 2 nitrogen and oxygen atoms in total. The van der Waals surface area contributed by atoms with E-state index in [1.54, 1.807) is 6.08 Å². The molecule has 2 heteroatoms. The normalized spacial score (nSPS) is 14.4. The van der Waals surface area contributed by atoms with Crippen LogP contribution in [-0.2, 0) is 4.79 Å². The number of carbonyl (C=O) groups is 1. The summed E-state index contributed by atoms with van der Waals surface area (Å²) in [7, 11) is 0. The van der Waals surface area contributed by atoms with Crippen LogP contribution in [0.15, 0.2) is 12.2 Å². The minimum atomic E-state index is -0.0149. The fraction of sp³-hybridized carbons (Fsp3) is 0.500. The highest BCUT2D eigenvalue weighted by atomic mass is 16.1. The molecule has 8 heavy (non-hydrogen) atoms. The molecule has 0 spiro atoms. The number of ketones is 1. The predicted octanol–water partition coefficient (Wildman–Crippen LogP) is 0.479. The summed E-state index contributed by atoms with van der Waals surface area (Å²) in [4.78, 5) is 10.2. The van der Waals surface area contributed by atoms with E-state index in [1.807, 2.05) is 6.92 Å². The highest BCUT2D eigenvalue weighted by Gasteiger charge is 1.84. The van der Waals surface area contributed by atoms with E-state index in [0.717, 1.165) is 0 Å². The van der Waals surface area contributed by atoms with E-state index in [2.05, 4.69) is 0 Å². The van der Waals surface area contributed by atoms with E-state index in [9.17, 15) is 4.79 Å². The van der Waals surface area contributed by atoms with Gasteiger partial charge in [0.05, 0.1) is 0 Å². The number of nitrogens with two attached hydrogens (primary N) is 1. The highest BCUT2D eigenvalue weighted by Crippen LogP contribution is 1.78. The second-order valence-electron chi connectivity index (χ2n) is 1.83. The van der Waals surface area contributed by atoms with Gasteiger partial charge in [0.15, 0.2) is 5.78 Å². The Hall–Kier alpha value is -0.630. The van der Waals surface area contributed by atoms with E-state index < -0.39 is 0 Å². The van der Waals surface area contributed by atoms with E-state index in [-0.39, 0.29) is 11.8 Å².